The molecule has 0 saturated heterocycles. The lowest BCUT2D eigenvalue weighted by Crippen LogP contribution is -2.33. The second-order valence-electron chi connectivity index (χ2n) is 6.72. The number of rotatable bonds is 2. The van der Waals surface area contributed by atoms with Crippen LogP contribution in [0.5, 0.6) is 5.75 Å². The SMILES string of the molecule is Clc1ccc(C2=NN3[C@@H](c4cccc(Cl)c4)Oc4ccccc4[C@@H]3C2)cc1. The van der Waals surface area contributed by atoms with Crippen LogP contribution >= 0.6 is 23.2 Å². The van der Waals surface area contributed by atoms with E-state index in [0.717, 1.165) is 39.6 Å². The molecule has 3 aromatic rings. The van der Waals surface area contributed by atoms with Gasteiger partial charge in [-0.1, -0.05) is 65.7 Å². The fourth-order valence-electron chi connectivity index (χ4n) is 3.73. The monoisotopic (exact) mass is 394 g/mol. The third kappa shape index (κ3) is 2.97. The van der Waals surface area contributed by atoms with Gasteiger partial charge in [-0.3, -0.25) is 0 Å². The van der Waals surface area contributed by atoms with Gasteiger partial charge >= 0.3 is 0 Å². The highest BCUT2D eigenvalue weighted by atomic mass is 35.5. The molecule has 0 aromatic heterocycles. The standard InChI is InChI=1S/C22H16Cl2N2O/c23-16-10-8-14(9-11-16)19-13-20-18-6-1-2-7-21(18)27-22(26(20)25-19)15-4-3-5-17(24)12-15/h1-12,20,22H,13H2/t20-,22+/m0/s1. The van der Waals surface area contributed by atoms with Crippen LogP contribution in [-0.4, -0.2) is 10.7 Å². The molecule has 0 radical (unpaired) electrons. The zero-order chi connectivity index (χ0) is 18.4. The van der Waals surface area contributed by atoms with Gasteiger partial charge in [0.25, 0.3) is 0 Å². The van der Waals surface area contributed by atoms with Gasteiger partial charge in [-0.05, 0) is 35.9 Å². The highest BCUT2D eigenvalue weighted by Crippen LogP contribution is 2.47. The average molecular weight is 395 g/mol. The zero-order valence-corrected chi connectivity index (χ0v) is 15.9. The molecule has 0 fully saturated rings. The highest BCUT2D eigenvalue weighted by molar-refractivity contribution is 6.31. The van der Waals surface area contributed by atoms with Crippen molar-refractivity contribution in [3.8, 4) is 5.75 Å². The summed E-state index contributed by atoms with van der Waals surface area (Å²) in [6.07, 6.45) is 0.507. The quantitative estimate of drug-likeness (QED) is 0.513. The number of para-hydroxylation sites is 1. The Morgan fingerprint density at radius 3 is 2.52 bits per heavy atom. The van der Waals surface area contributed by atoms with Gasteiger partial charge in [-0.15, -0.1) is 0 Å². The minimum absolute atomic E-state index is 0.129. The molecule has 3 nitrogen and oxygen atoms in total. The van der Waals surface area contributed by atoms with Crippen molar-refractivity contribution in [2.24, 2.45) is 5.10 Å². The Balaban J connectivity index is 1.60. The molecule has 27 heavy (non-hydrogen) atoms. The van der Waals surface area contributed by atoms with Gasteiger partial charge in [-0.2, -0.15) is 5.10 Å². The third-order valence-electron chi connectivity index (χ3n) is 5.01. The van der Waals surface area contributed by atoms with Crippen LogP contribution < -0.4 is 4.74 Å². The van der Waals surface area contributed by atoms with Gasteiger partial charge in [0, 0.05) is 27.6 Å². The summed E-state index contributed by atoms with van der Waals surface area (Å²) in [7, 11) is 0. The molecule has 5 rings (SSSR count). The van der Waals surface area contributed by atoms with Gasteiger partial charge in [0.15, 0.2) is 0 Å². The van der Waals surface area contributed by atoms with E-state index in [9.17, 15) is 0 Å². The van der Waals surface area contributed by atoms with E-state index < -0.39 is 0 Å². The Hall–Kier alpha value is -2.49. The summed E-state index contributed by atoms with van der Waals surface area (Å²) in [5.41, 5.74) is 4.26. The molecule has 0 bridgehead atoms. The fraction of sp³-hybridized carbons (Fsp3) is 0.136. The minimum atomic E-state index is -0.312. The van der Waals surface area contributed by atoms with Crippen molar-refractivity contribution in [1.29, 1.82) is 0 Å². The molecule has 5 heteroatoms. The van der Waals surface area contributed by atoms with Crippen molar-refractivity contribution in [2.75, 3.05) is 0 Å². The fourth-order valence-corrected chi connectivity index (χ4v) is 4.06. The molecule has 2 aliphatic heterocycles. The summed E-state index contributed by atoms with van der Waals surface area (Å²) in [6.45, 7) is 0. The minimum Gasteiger partial charge on any atom is -0.464 e. The molecule has 0 aliphatic carbocycles. The number of ether oxygens (including phenoxy) is 1. The van der Waals surface area contributed by atoms with Crippen molar-refractivity contribution in [2.45, 2.75) is 18.7 Å². The first kappa shape index (κ1) is 16.7. The average Bonchev–Trinajstić information content (AvgIpc) is 3.13. The van der Waals surface area contributed by atoms with Crippen molar-refractivity contribution in [3.63, 3.8) is 0 Å². The molecule has 2 aliphatic rings. The molecule has 0 spiro atoms. The Morgan fingerprint density at radius 1 is 0.889 bits per heavy atom. The summed E-state index contributed by atoms with van der Waals surface area (Å²) < 4.78 is 6.33. The van der Waals surface area contributed by atoms with Crippen molar-refractivity contribution < 1.29 is 4.74 Å². The summed E-state index contributed by atoms with van der Waals surface area (Å²) in [5.74, 6) is 0.899. The number of halogens is 2. The molecule has 3 aromatic carbocycles. The molecular weight excluding hydrogens is 379 g/mol. The first-order valence-corrected chi connectivity index (χ1v) is 9.57. The van der Waals surface area contributed by atoms with Crippen LogP contribution in [0.4, 0.5) is 0 Å². The van der Waals surface area contributed by atoms with Crippen molar-refractivity contribution in [3.05, 3.63) is 99.5 Å². The van der Waals surface area contributed by atoms with Crippen LogP contribution in [0.25, 0.3) is 0 Å². The maximum absolute atomic E-state index is 6.33. The van der Waals surface area contributed by atoms with Crippen molar-refractivity contribution in [1.82, 2.24) is 5.01 Å². The number of fused-ring (bicyclic) bond motifs is 3. The van der Waals surface area contributed by atoms with E-state index in [1.54, 1.807) is 0 Å². The topological polar surface area (TPSA) is 24.8 Å². The van der Waals surface area contributed by atoms with Crippen LogP contribution in [0.15, 0.2) is 77.9 Å². The number of hydrogen-bond donors (Lipinski definition) is 0. The van der Waals surface area contributed by atoms with Gasteiger partial charge in [0.2, 0.25) is 6.23 Å². The summed E-state index contributed by atoms with van der Waals surface area (Å²) in [4.78, 5) is 0. The van der Waals surface area contributed by atoms with E-state index in [2.05, 4.69) is 11.1 Å². The number of hydrogen-bond acceptors (Lipinski definition) is 3. The summed E-state index contributed by atoms with van der Waals surface area (Å²) in [5, 5.41) is 8.40. The normalized spacial score (nSPS) is 20.5. The predicted octanol–water partition coefficient (Wildman–Crippen LogP) is 6.24. The smallest absolute Gasteiger partial charge is 0.213 e. The zero-order valence-electron chi connectivity index (χ0n) is 14.3. The second kappa shape index (κ2) is 6.59. The van der Waals surface area contributed by atoms with Gasteiger partial charge in [-0.25, -0.2) is 5.01 Å². The van der Waals surface area contributed by atoms with E-state index in [1.165, 1.54) is 0 Å². The lowest BCUT2D eigenvalue weighted by Gasteiger charge is -2.38. The largest absolute Gasteiger partial charge is 0.464 e. The maximum Gasteiger partial charge on any atom is 0.213 e. The number of hydrazone groups is 1. The Bertz CT molecular complexity index is 1030. The molecule has 0 N–H and O–H groups in total. The molecule has 0 saturated carbocycles. The third-order valence-corrected chi connectivity index (χ3v) is 5.50. The predicted molar refractivity (Wildman–Crippen MR) is 108 cm³/mol. The van der Waals surface area contributed by atoms with Crippen LogP contribution in [-0.2, 0) is 0 Å². The van der Waals surface area contributed by atoms with Crippen LogP contribution in [0.3, 0.4) is 0 Å². The number of benzene rings is 3. The molecular formula is C22H16Cl2N2O. The Kier molecular flexibility index (Phi) is 4.07. The Morgan fingerprint density at radius 2 is 1.70 bits per heavy atom. The van der Waals surface area contributed by atoms with Gasteiger partial charge < -0.3 is 4.74 Å². The summed E-state index contributed by atoms with van der Waals surface area (Å²) in [6, 6.07) is 23.9. The molecule has 134 valence electrons. The first-order chi connectivity index (χ1) is 13.2. The van der Waals surface area contributed by atoms with Crippen LogP contribution in [0.1, 0.15) is 35.4 Å². The Labute approximate surface area is 167 Å². The maximum atomic E-state index is 6.33. The van der Waals surface area contributed by atoms with E-state index in [0.29, 0.717) is 5.02 Å². The molecule has 0 unspecified atom stereocenters. The van der Waals surface area contributed by atoms with Crippen LogP contribution in [0, 0.1) is 0 Å². The molecule has 2 heterocycles. The van der Waals surface area contributed by atoms with Crippen molar-refractivity contribution >= 4 is 28.9 Å². The van der Waals surface area contributed by atoms with E-state index in [1.807, 2.05) is 66.7 Å². The summed E-state index contributed by atoms with van der Waals surface area (Å²) >= 11 is 12.3. The highest BCUT2D eigenvalue weighted by Gasteiger charge is 2.40. The van der Waals surface area contributed by atoms with E-state index in [4.69, 9.17) is 33.0 Å². The van der Waals surface area contributed by atoms with E-state index >= 15 is 0 Å². The second-order valence-corrected chi connectivity index (χ2v) is 7.59. The van der Waals surface area contributed by atoms with Crippen LogP contribution in [0.2, 0.25) is 10.0 Å². The lowest BCUT2D eigenvalue weighted by atomic mass is 9.96. The van der Waals surface area contributed by atoms with E-state index in [-0.39, 0.29) is 12.3 Å². The molecule has 0 amide bonds. The molecule has 2 atom stereocenters. The number of nitrogens with zero attached hydrogens (tertiary/aromatic N) is 2. The lowest BCUT2D eigenvalue weighted by molar-refractivity contribution is -0.0190. The first-order valence-electron chi connectivity index (χ1n) is 8.82. The van der Waals surface area contributed by atoms with Gasteiger partial charge in [0.05, 0.1) is 11.8 Å². The van der Waals surface area contributed by atoms with Gasteiger partial charge in [0.1, 0.15) is 5.75 Å².